The summed E-state index contributed by atoms with van der Waals surface area (Å²) in [6.07, 6.45) is 3.52. The first-order valence-corrected chi connectivity index (χ1v) is 9.91. The molecule has 8 heteroatoms. The zero-order valence-corrected chi connectivity index (χ0v) is 19.3. The highest BCUT2D eigenvalue weighted by atomic mass is 127. The third kappa shape index (κ3) is 6.45. The van der Waals surface area contributed by atoms with Gasteiger partial charge in [0.15, 0.2) is 11.7 Å². The Labute approximate surface area is 188 Å². The van der Waals surface area contributed by atoms with E-state index in [0.29, 0.717) is 25.6 Å². The number of guanidine groups is 1. The van der Waals surface area contributed by atoms with E-state index in [1.54, 1.807) is 6.20 Å². The summed E-state index contributed by atoms with van der Waals surface area (Å²) >= 11 is 0. The van der Waals surface area contributed by atoms with E-state index in [9.17, 15) is 4.79 Å². The molecular formula is C21H29IN4O3. The molecule has 1 atom stereocenters. The molecule has 1 saturated heterocycles. The summed E-state index contributed by atoms with van der Waals surface area (Å²) in [5.74, 6) is 1.84. The van der Waals surface area contributed by atoms with E-state index in [1.165, 1.54) is 0 Å². The molecule has 0 saturated carbocycles. The minimum absolute atomic E-state index is 0. The molecule has 1 aromatic carbocycles. The second-order valence-electron chi connectivity index (χ2n) is 6.69. The lowest BCUT2D eigenvalue weighted by atomic mass is 9.98. The van der Waals surface area contributed by atoms with Gasteiger partial charge in [0, 0.05) is 25.2 Å². The number of aliphatic imine (C=N–C) groups is 1. The van der Waals surface area contributed by atoms with Crippen LogP contribution in [0, 0.1) is 5.92 Å². The monoisotopic (exact) mass is 512 g/mol. The first-order chi connectivity index (χ1) is 13.7. The van der Waals surface area contributed by atoms with Crippen molar-refractivity contribution in [3.05, 3.63) is 42.4 Å². The number of benzene rings is 1. The Kier molecular flexibility index (Phi) is 9.43. The molecule has 0 bridgehead atoms. The van der Waals surface area contributed by atoms with Crippen molar-refractivity contribution in [3.63, 3.8) is 0 Å². The molecule has 0 radical (unpaired) electrons. The highest BCUT2D eigenvalue weighted by Crippen LogP contribution is 2.21. The average Bonchev–Trinajstić information content (AvgIpc) is 3.21. The molecular weight excluding hydrogens is 483 g/mol. The van der Waals surface area contributed by atoms with E-state index in [0.717, 1.165) is 43.2 Å². The first-order valence-electron chi connectivity index (χ1n) is 9.91. The maximum absolute atomic E-state index is 12.1. The lowest BCUT2D eigenvalue weighted by Gasteiger charge is -2.33. The Morgan fingerprint density at radius 2 is 2.14 bits per heavy atom. The highest BCUT2D eigenvalue weighted by molar-refractivity contribution is 14.0. The van der Waals surface area contributed by atoms with Crippen LogP contribution >= 0.6 is 24.0 Å². The Morgan fingerprint density at radius 1 is 1.34 bits per heavy atom. The number of esters is 1. The fourth-order valence-corrected chi connectivity index (χ4v) is 3.31. The zero-order valence-electron chi connectivity index (χ0n) is 17.0. The van der Waals surface area contributed by atoms with Crippen molar-refractivity contribution < 1.29 is 13.9 Å². The number of carbonyl (C=O) groups is 1. The lowest BCUT2D eigenvalue weighted by molar-refractivity contribution is -0.149. The van der Waals surface area contributed by atoms with Gasteiger partial charge in [0.2, 0.25) is 5.89 Å². The van der Waals surface area contributed by atoms with E-state index in [1.807, 2.05) is 44.2 Å². The quantitative estimate of drug-likeness (QED) is 0.275. The van der Waals surface area contributed by atoms with Crippen LogP contribution in [0.3, 0.4) is 0 Å². The van der Waals surface area contributed by atoms with Crippen LogP contribution in [0.15, 0.2) is 45.9 Å². The smallest absolute Gasteiger partial charge is 0.310 e. The normalized spacial score (nSPS) is 16.8. The second-order valence-corrected chi connectivity index (χ2v) is 6.69. The van der Waals surface area contributed by atoms with Crippen molar-refractivity contribution in [3.8, 4) is 11.3 Å². The van der Waals surface area contributed by atoms with Crippen molar-refractivity contribution in [2.45, 2.75) is 33.2 Å². The van der Waals surface area contributed by atoms with Gasteiger partial charge in [0.25, 0.3) is 0 Å². The molecule has 0 aliphatic carbocycles. The molecule has 0 amide bonds. The van der Waals surface area contributed by atoms with Gasteiger partial charge >= 0.3 is 5.97 Å². The summed E-state index contributed by atoms with van der Waals surface area (Å²) in [6.45, 7) is 6.85. The van der Waals surface area contributed by atoms with E-state index >= 15 is 0 Å². The molecule has 7 nitrogen and oxygen atoms in total. The molecule has 1 aliphatic rings. The van der Waals surface area contributed by atoms with Crippen LogP contribution < -0.4 is 5.32 Å². The molecule has 1 aromatic heterocycles. The topological polar surface area (TPSA) is 80.0 Å². The number of hydrogen-bond donors (Lipinski definition) is 1. The number of hydrogen-bond acceptors (Lipinski definition) is 5. The Bertz CT molecular complexity index is 794. The van der Waals surface area contributed by atoms with Crippen LogP contribution in [-0.2, 0) is 16.1 Å². The molecule has 1 fully saturated rings. The maximum Gasteiger partial charge on any atom is 0.310 e. The van der Waals surface area contributed by atoms with Crippen molar-refractivity contribution in [2.24, 2.45) is 10.9 Å². The fourth-order valence-electron chi connectivity index (χ4n) is 3.31. The highest BCUT2D eigenvalue weighted by Gasteiger charge is 2.28. The van der Waals surface area contributed by atoms with E-state index < -0.39 is 0 Å². The molecule has 158 valence electrons. The van der Waals surface area contributed by atoms with Crippen LogP contribution in [0.2, 0.25) is 0 Å². The Morgan fingerprint density at radius 3 is 2.86 bits per heavy atom. The van der Waals surface area contributed by atoms with Crippen LogP contribution in [0.25, 0.3) is 11.3 Å². The average molecular weight is 512 g/mol. The number of ether oxygens (including phenoxy) is 1. The summed E-state index contributed by atoms with van der Waals surface area (Å²) < 4.78 is 11.0. The van der Waals surface area contributed by atoms with Crippen LogP contribution in [0.1, 0.15) is 32.6 Å². The largest absolute Gasteiger partial charge is 0.466 e. The van der Waals surface area contributed by atoms with Gasteiger partial charge in [0.05, 0.1) is 18.7 Å². The third-order valence-electron chi connectivity index (χ3n) is 4.65. The number of nitrogens with zero attached hydrogens (tertiary/aromatic N) is 3. The van der Waals surface area contributed by atoms with Crippen molar-refractivity contribution in [1.82, 2.24) is 15.2 Å². The number of halogens is 1. The minimum Gasteiger partial charge on any atom is -0.466 e. The van der Waals surface area contributed by atoms with Crippen molar-refractivity contribution in [2.75, 3.05) is 26.2 Å². The molecule has 0 unspecified atom stereocenters. The van der Waals surface area contributed by atoms with Gasteiger partial charge in [-0.15, -0.1) is 24.0 Å². The van der Waals surface area contributed by atoms with E-state index in [4.69, 9.17) is 9.15 Å². The molecule has 1 N–H and O–H groups in total. The number of rotatable bonds is 6. The van der Waals surface area contributed by atoms with Gasteiger partial charge in [-0.25, -0.2) is 9.98 Å². The van der Waals surface area contributed by atoms with E-state index in [2.05, 4.69) is 20.2 Å². The van der Waals surface area contributed by atoms with Gasteiger partial charge in [0.1, 0.15) is 6.54 Å². The van der Waals surface area contributed by atoms with Crippen LogP contribution in [-0.4, -0.2) is 48.1 Å². The number of aromatic nitrogens is 1. The molecule has 29 heavy (non-hydrogen) atoms. The number of carbonyl (C=O) groups excluding carboxylic acids is 1. The maximum atomic E-state index is 12.1. The van der Waals surface area contributed by atoms with Gasteiger partial charge in [-0.05, 0) is 26.7 Å². The molecule has 0 spiro atoms. The fraction of sp³-hybridized carbons (Fsp3) is 0.476. The predicted molar refractivity (Wildman–Crippen MR) is 123 cm³/mol. The Hall–Kier alpha value is -2.10. The number of likely N-dealkylation sites (tertiary alicyclic amines) is 1. The summed E-state index contributed by atoms with van der Waals surface area (Å²) in [5, 5.41) is 3.31. The Balaban J connectivity index is 0.00000300. The zero-order chi connectivity index (χ0) is 19.8. The number of nitrogens with one attached hydrogen (secondary N) is 1. The van der Waals surface area contributed by atoms with E-state index in [-0.39, 0.29) is 35.9 Å². The number of oxazole rings is 1. The van der Waals surface area contributed by atoms with Crippen LogP contribution in [0.4, 0.5) is 0 Å². The molecule has 2 aromatic rings. The summed E-state index contributed by atoms with van der Waals surface area (Å²) in [7, 11) is 0. The molecule has 2 heterocycles. The van der Waals surface area contributed by atoms with Crippen LogP contribution in [0.5, 0.6) is 0 Å². The van der Waals surface area contributed by atoms with Gasteiger partial charge in [-0.2, -0.15) is 0 Å². The molecule has 3 rings (SSSR count). The lowest BCUT2D eigenvalue weighted by Crippen LogP contribution is -2.48. The number of piperidine rings is 1. The molecule has 1 aliphatic heterocycles. The summed E-state index contributed by atoms with van der Waals surface area (Å²) in [6, 6.07) is 9.88. The third-order valence-corrected chi connectivity index (χ3v) is 4.65. The first kappa shape index (κ1) is 23.2. The van der Waals surface area contributed by atoms with Gasteiger partial charge < -0.3 is 19.4 Å². The standard InChI is InChI=1S/C21H28N4O3.HI/c1-3-22-21(25-12-8-11-17(15-25)20(26)27-4-2)24-14-19-23-13-18(28-19)16-9-6-5-7-10-16;/h5-7,9-10,13,17H,3-4,8,11-12,14-15H2,1-2H3,(H,22,24);1H/t17-;/m1./s1. The summed E-state index contributed by atoms with van der Waals surface area (Å²) in [4.78, 5) is 23.2. The minimum atomic E-state index is -0.122. The summed E-state index contributed by atoms with van der Waals surface area (Å²) in [5.41, 5.74) is 0.991. The van der Waals surface area contributed by atoms with Crippen molar-refractivity contribution in [1.29, 1.82) is 0 Å². The predicted octanol–water partition coefficient (Wildman–Crippen LogP) is 3.70. The van der Waals surface area contributed by atoms with Gasteiger partial charge in [-0.1, -0.05) is 30.3 Å². The SMILES string of the molecule is CCNC(=NCc1ncc(-c2ccccc2)o1)N1CCC[C@@H](C(=O)OCC)C1.I. The van der Waals surface area contributed by atoms with Gasteiger partial charge in [-0.3, -0.25) is 4.79 Å². The second kappa shape index (κ2) is 11.8. The van der Waals surface area contributed by atoms with Crippen molar-refractivity contribution >= 4 is 35.9 Å².